The zero-order valence-electron chi connectivity index (χ0n) is 17.7. The summed E-state index contributed by atoms with van der Waals surface area (Å²) >= 11 is 1.53. The van der Waals surface area contributed by atoms with Gasteiger partial charge < -0.3 is 19.8 Å². The maximum atomic E-state index is 12.5. The van der Waals surface area contributed by atoms with Gasteiger partial charge in [0.25, 0.3) is 5.91 Å². The summed E-state index contributed by atoms with van der Waals surface area (Å²) in [5.41, 5.74) is 2.95. The molecule has 5 rings (SSSR count). The van der Waals surface area contributed by atoms with Crippen molar-refractivity contribution in [2.24, 2.45) is 0 Å². The van der Waals surface area contributed by atoms with E-state index in [9.17, 15) is 15.0 Å². The molecule has 0 spiro atoms. The van der Waals surface area contributed by atoms with E-state index in [0.29, 0.717) is 21.9 Å². The minimum Gasteiger partial charge on any atom is -0.388 e. The van der Waals surface area contributed by atoms with E-state index in [1.54, 1.807) is 17.8 Å². The van der Waals surface area contributed by atoms with Gasteiger partial charge in [-0.1, -0.05) is 23.9 Å². The van der Waals surface area contributed by atoms with Crippen LogP contribution < -0.4 is 0 Å². The number of likely N-dealkylation sites (tertiary alicyclic amines) is 1. The number of benzene rings is 1. The van der Waals surface area contributed by atoms with E-state index in [1.165, 1.54) is 18.1 Å². The average molecular weight is 456 g/mol. The lowest BCUT2D eigenvalue weighted by Crippen LogP contribution is -2.30. The quantitative estimate of drug-likeness (QED) is 0.444. The van der Waals surface area contributed by atoms with Gasteiger partial charge in [0.2, 0.25) is 0 Å². The number of aliphatic hydroxyl groups is 2. The summed E-state index contributed by atoms with van der Waals surface area (Å²) in [7, 11) is 0. The number of carbonyl (C=O) groups is 1. The predicted octanol–water partition coefficient (Wildman–Crippen LogP) is 1.99. The molecule has 2 N–H and O–H groups in total. The van der Waals surface area contributed by atoms with Gasteiger partial charge in [0.15, 0.2) is 11.9 Å². The third kappa shape index (κ3) is 3.88. The monoisotopic (exact) mass is 455 g/mol. The number of aromatic nitrogens is 4. The number of ether oxygens (including phenoxy) is 1. The van der Waals surface area contributed by atoms with Gasteiger partial charge in [0, 0.05) is 24.4 Å². The molecule has 4 heterocycles. The van der Waals surface area contributed by atoms with E-state index >= 15 is 0 Å². The Hall–Kier alpha value is -2.53. The van der Waals surface area contributed by atoms with Crippen LogP contribution in [0.3, 0.4) is 0 Å². The van der Waals surface area contributed by atoms with Crippen molar-refractivity contribution in [2.45, 2.75) is 55.1 Å². The number of hydrogen-bond acceptors (Lipinski definition) is 8. The lowest BCUT2D eigenvalue weighted by atomic mass is 10.1. The first kappa shape index (κ1) is 21.3. The van der Waals surface area contributed by atoms with Gasteiger partial charge in [-0.05, 0) is 37.5 Å². The first-order chi connectivity index (χ1) is 15.5. The molecule has 0 unspecified atom stereocenters. The second-order valence-corrected chi connectivity index (χ2v) is 9.16. The fourth-order valence-electron chi connectivity index (χ4n) is 4.18. The largest absolute Gasteiger partial charge is 0.388 e. The van der Waals surface area contributed by atoms with Crippen molar-refractivity contribution in [2.75, 3.05) is 13.1 Å². The van der Waals surface area contributed by atoms with Crippen molar-refractivity contribution in [3.8, 4) is 0 Å². The van der Waals surface area contributed by atoms with Crippen molar-refractivity contribution >= 4 is 28.8 Å². The fourth-order valence-corrected chi connectivity index (χ4v) is 5.08. The van der Waals surface area contributed by atoms with Crippen LogP contribution in [0.1, 0.15) is 41.9 Å². The van der Waals surface area contributed by atoms with E-state index in [0.717, 1.165) is 37.1 Å². The SMILES string of the molecule is C[C@H]1O[C@@H](n2cnc3c(SCc4ccc(C(=O)N5CCCC5)cc4)ncnc32)[C@H](O)[C@@H]1O. The average Bonchev–Trinajstić information content (AvgIpc) is 3.55. The van der Waals surface area contributed by atoms with Crippen LogP contribution in [0, 0.1) is 0 Å². The minimum absolute atomic E-state index is 0.0977. The molecular weight excluding hydrogens is 430 g/mol. The number of amides is 1. The Bertz CT molecular complexity index is 1120. The third-order valence-corrected chi connectivity index (χ3v) is 7.10. The summed E-state index contributed by atoms with van der Waals surface area (Å²) in [6, 6.07) is 7.70. The number of thioether (sulfide) groups is 1. The maximum absolute atomic E-state index is 12.5. The molecule has 168 valence electrons. The van der Waals surface area contributed by atoms with Crippen LogP contribution in [-0.4, -0.2) is 71.9 Å². The van der Waals surface area contributed by atoms with Crippen LogP contribution in [0.25, 0.3) is 11.2 Å². The molecule has 2 fully saturated rings. The minimum atomic E-state index is -1.06. The van der Waals surface area contributed by atoms with E-state index in [4.69, 9.17) is 4.74 Å². The molecule has 2 aliphatic heterocycles. The van der Waals surface area contributed by atoms with Gasteiger partial charge in [-0.2, -0.15) is 0 Å². The summed E-state index contributed by atoms with van der Waals surface area (Å²) in [6.07, 6.45) is 1.91. The van der Waals surface area contributed by atoms with Crippen LogP contribution in [-0.2, 0) is 10.5 Å². The number of carbonyl (C=O) groups excluding carboxylic acids is 1. The summed E-state index contributed by atoms with van der Waals surface area (Å²) in [5, 5.41) is 21.0. The molecule has 0 aliphatic carbocycles. The molecule has 3 aromatic rings. The van der Waals surface area contributed by atoms with Crippen LogP contribution in [0.5, 0.6) is 0 Å². The zero-order chi connectivity index (χ0) is 22.2. The molecule has 4 atom stereocenters. The van der Waals surface area contributed by atoms with Crippen molar-refractivity contribution in [1.29, 1.82) is 0 Å². The Morgan fingerprint density at radius 3 is 2.56 bits per heavy atom. The van der Waals surface area contributed by atoms with Crippen molar-refractivity contribution in [3.05, 3.63) is 48.0 Å². The van der Waals surface area contributed by atoms with E-state index in [1.807, 2.05) is 29.2 Å². The summed E-state index contributed by atoms with van der Waals surface area (Å²) in [6.45, 7) is 3.40. The molecule has 32 heavy (non-hydrogen) atoms. The maximum Gasteiger partial charge on any atom is 0.253 e. The Kier molecular flexibility index (Phi) is 5.85. The molecular formula is C22H25N5O4S. The highest BCUT2D eigenvalue weighted by Crippen LogP contribution is 2.33. The Morgan fingerprint density at radius 2 is 1.88 bits per heavy atom. The van der Waals surface area contributed by atoms with Gasteiger partial charge in [0.05, 0.1) is 12.4 Å². The van der Waals surface area contributed by atoms with E-state index in [2.05, 4.69) is 15.0 Å². The first-order valence-corrected chi connectivity index (χ1v) is 11.7. The molecule has 2 aliphatic rings. The summed E-state index contributed by atoms with van der Waals surface area (Å²) < 4.78 is 7.34. The van der Waals surface area contributed by atoms with Gasteiger partial charge in [-0.15, -0.1) is 0 Å². The fraction of sp³-hybridized carbons (Fsp3) is 0.455. The standard InChI is InChI=1S/C22H25N5O4S/c1-13-17(28)18(29)22(31-13)27-12-25-16-19(27)23-11-24-20(16)32-10-14-4-6-15(7-5-14)21(30)26-8-2-3-9-26/h4-7,11-13,17-18,22,28-29H,2-3,8-10H2,1H3/t13-,17-,18-,22-/m1/s1. The highest BCUT2D eigenvalue weighted by molar-refractivity contribution is 7.98. The molecule has 10 heteroatoms. The predicted molar refractivity (Wildman–Crippen MR) is 118 cm³/mol. The Morgan fingerprint density at radius 1 is 1.12 bits per heavy atom. The first-order valence-electron chi connectivity index (χ1n) is 10.7. The number of hydrogen-bond donors (Lipinski definition) is 2. The van der Waals surface area contributed by atoms with Crippen molar-refractivity contribution in [1.82, 2.24) is 24.4 Å². The molecule has 2 aromatic heterocycles. The normalized spacial score (nSPS) is 25.7. The Balaban J connectivity index is 1.30. The second-order valence-electron chi connectivity index (χ2n) is 8.20. The molecule has 0 bridgehead atoms. The van der Waals surface area contributed by atoms with Crippen LogP contribution in [0.2, 0.25) is 0 Å². The number of nitrogens with zero attached hydrogens (tertiary/aromatic N) is 5. The van der Waals surface area contributed by atoms with Gasteiger partial charge in [0.1, 0.15) is 29.1 Å². The van der Waals surface area contributed by atoms with Crippen molar-refractivity contribution < 1.29 is 19.7 Å². The van der Waals surface area contributed by atoms with Crippen LogP contribution >= 0.6 is 11.8 Å². The lowest BCUT2D eigenvalue weighted by Gasteiger charge is -2.16. The summed E-state index contributed by atoms with van der Waals surface area (Å²) in [5.74, 6) is 0.760. The third-order valence-electron chi connectivity index (χ3n) is 6.05. The number of imidazole rings is 1. The summed E-state index contributed by atoms with van der Waals surface area (Å²) in [4.78, 5) is 27.5. The lowest BCUT2D eigenvalue weighted by molar-refractivity contribution is -0.0299. The van der Waals surface area contributed by atoms with Gasteiger partial charge in [-0.25, -0.2) is 15.0 Å². The highest BCUT2D eigenvalue weighted by Gasteiger charge is 2.42. The van der Waals surface area contributed by atoms with Crippen LogP contribution in [0.15, 0.2) is 41.9 Å². The van der Waals surface area contributed by atoms with E-state index in [-0.39, 0.29) is 5.91 Å². The topological polar surface area (TPSA) is 114 Å². The number of rotatable bonds is 5. The van der Waals surface area contributed by atoms with Crippen molar-refractivity contribution in [3.63, 3.8) is 0 Å². The van der Waals surface area contributed by atoms with E-state index < -0.39 is 24.5 Å². The molecule has 1 aromatic carbocycles. The zero-order valence-corrected chi connectivity index (χ0v) is 18.5. The number of aliphatic hydroxyl groups excluding tert-OH is 2. The van der Waals surface area contributed by atoms with Gasteiger partial charge in [-0.3, -0.25) is 9.36 Å². The number of fused-ring (bicyclic) bond motifs is 1. The Labute approximate surface area is 189 Å². The van der Waals surface area contributed by atoms with Gasteiger partial charge >= 0.3 is 0 Å². The molecule has 0 radical (unpaired) electrons. The second kappa shape index (κ2) is 8.78. The molecule has 0 saturated carbocycles. The molecule has 1 amide bonds. The smallest absolute Gasteiger partial charge is 0.253 e. The highest BCUT2D eigenvalue weighted by atomic mass is 32.2. The van der Waals surface area contributed by atoms with Crippen LogP contribution in [0.4, 0.5) is 0 Å². The molecule has 9 nitrogen and oxygen atoms in total. The molecule has 2 saturated heterocycles.